The van der Waals surface area contributed by atoms with Crippen LogP contribution in [-0.4, -0.2) is 58.7 Å². The Labute approximate surface area is 211 Å². The fourth-order valence-corrected chi connectivity index (χ4v) is 6.09. The molecule has 9 heteroatoms. The van der Waals surface area contributed by atoms with Gasteiger partial charge >= 0.3 is 5.91 Å². The second-order valence-corrected chi connectivity index (χ2v) is 11.2. The van der Waals surface area contributed by atoms with Crippen molar-refractivity contribution >= 4 is 34.5 Å². The zero-order valence-electron chi connectivity index (χ0n) is 20.4. The van der Waals surface area contributed by atoms with E-state index in [-0.39, 0.29) is 17.7 Å². The number of hydrogen-bond acceptors (Lipinski definition) is 6. The average Bonchev–Trinajstić information content (AvgIpc) is 3.25. The molecular formula is C26H36N4O4S. The lowest BCUT2D eigenvalue weighted by atomic mass is 9.85. The molecule has 2 amide bonds. The predicted octanol–water partition coefficient (Wildman–Crippen LogP) is 3.07. The lowest BCUT2D eigenvalue weighted by Gasteiger charge is -2.31. The molecular weight excluding hydrogens is 464 g/mol. The molecule has 3 aliphatic rings. The number of rotatable bonds is 8. The first-order chi connectivity index (χ1) is 17.0. The van der Waals surface area contributed by atoms with Crippen LogP contribution in [0.1, 0.15) is 57.4 Å². The van der Waals surface area contributed by atoms with Gasteiger partial charge in [-0.1, -0.05) is 68.3 Å². The van der Waals surface area contributed by atoms with Gasteiger partial charge in [0.2, 0.25) is 11.7 Å². The van der Waals surface area contributed by atoms with Crippen LogP contribution in [-0.2, 0) is 25.7 Å². The predicted molar refractivity (Wildman–Crippen MR) is 137 cm³/mol. The Hall–Kier alpha value is -2.39. The summed E-state index contributed by atoms with van der Waals surface area (Å²) in [4.78, 5) is 41.2. The number of benzene rings is 1. The molecule has 2 atom stereocenters. The van der Waals surface area contributed by atoms with Gasteiger partial charge in [0.15, 0.2) is 5.17 Å². The standard InChI is InChI=1S/C26H36N4O4S/c1-18-16-30(17-19-8-4-2-5-9-19)26(35-18)29-28-25(33)23(31)22(20-12-14-34-15-13-20)27-24(32)21-10-6-3-7-11-21/h2,4-5,8-9,18,20-22H,3,6-7,10-17H2,1H3,(H,27,32)(H,28,33)/t18-,22-/m1/s1. The van der Waals surface area contributed by atoms with Gasteiger partial charge in [0.25, 0.3) is 0 Å². The normalized spacial score (nSPS) is 23.7. The Morgan fingerprint density at radius 3 is 2.51 bits per heavy atom. The van der Waals surface area contributed by atoms with Gasteiger partial charge < -0.3 is 15.0 Å². The monoisotopic (exact) mass is 500 g/mol. The summed E-state index contributed by atoms with van der Waals surface area (Å²) in [6.45, 7) is 4.66. The molecule has 0 spiro atoms. The first-order valence-electron chi connectivity index (χ1n) is 12.8. The summed E-state index contributed by atoms with van der Waals surface area (Å²) >= 11 is 1.58. The maximum atomic E-state index is 13.2. The fourth-order valence-electron chi connectivity index (χ4n) is 5.09. The van der Waals surface area contributed by atoms with Crippen molar-refractivity contribution in [1.29, 1.82) is 0 Å². The van der Waals surface area contributed by atoms with Crippen molar-refractivity contribution in [3.63, 3.8) is 0 Å². The lowest BCUT2D eigenvalue weighted by Crippen LogP contribution is -2.53. The van der Waals surface area contributed by atoms with Gasteiger partial charge in [-0.2, -0.15) is 0 Å². The molecule has 0 bridgehead atoms. The van der Waals surface area contributed by atoms with E-state index in [0.29, 0.717) is 43.0 Å². The second-order valence-electron chi connectivity index (χ2n) is 9.77. The Balaban J connectivity index is 1.41. The molecule has 2 heterocycles. The van der Waals surface area contributed by atoms with E-state index >= 15 is 0 Å². The zero-order valence-corrected chi connectivity index (χ0v) is 21.2. The summed E-state index contributed by atoms with van der Waals surface area (Å²) in [5, 5.41) is 8.28. The molecule has 1 aliphatic carbocycles. The Morgan fingerprint density at radius 2 is 1.80 bits per heavy atom. The first-order valence-corrected chi connectivity index (χ1v) is 13.6. The van der Waals surface area contributed by atoms with Gasteiger partial charge in [-0.15, -0.1) is 5.10 Å². The van der Waals surface area contributed by atoms with Crippen molar-refractivity contribution in [3.8, 4) is 0 Å². The summed E-state index contributed by atoms with van der Waals surface area (Å²) in [6.07, 6.45) is 6.17. The fraction of sp³-hybridized carbons (Fsp3) is 0.615. The number of carbonyl (C=O) groups is 3. The number of carbonyl (C=O) groups excluding carboxylic acids is 3. The number of amides is 2. The van der Waals surface area contributed by atoms with Crippen molar-refractivity contribution < 1.29 is 19.1 Å². The van der Waals surface area contributed by atoms with Gasteiger partial charge in [0.05, 0.1) is 0 Å². The van der Waals surface area contributed by atoms with E-state index in [9.17, 15) is 14.4 Å². The van der Waals surface area contributed by atoms with Gasteiger partial charge in [-0.3, -0.25) is 14.4 Å². The van der Waals surface area contributed by atoms with E-state index in [1.165, 1.54) is 0 Å². The third kappa shape index (κ3) is 7.07. The third-order valence-corrected chi connectivity index (χ3v) is 8.15. The van der Waals surface area contributed by atoms with E-state index in [0.717, 1.165) is 44.2 Å². The summed E-state index contributed by atoms with van der Waals surface area (Å²) in [6, 6.07) is 9.24. The van der Waals surface area contributed by atoms with E-state index in [1.807, 2.05) is 18.2 Å². The number of nitrogens with zero attached hydrogens (tertiary/aromatic N) is 2. The molecule has 1 aromatic carbocycles. The van der Waals surface area contributed by atoms with Crippen LogP contribution in [0.3, 0.4) is 0 Å². The first kappa shape index (κ1) is 25.7. The largest absolute Gasteiger partial charge is 0.381 e. The van der Waals surface area contributed by atoms with E-state index in [2.05, 4.69) is 39.8 Å². The molecule has 0 unspecified atom stereocenters. The van der Waals surface area contributed by atoms with E-state index in [4.69, 9.17) is 4.74 Å². The molecule has 35 heavy (non-hydrogen) atoms. The van der Waals surface area contributed by atoms with Crippen molar-refractivity contribution in [2.24, 2.45) is 16.9 Å². The van der Waals surface area contributed by atoms with Crippen molar-refractivity contribution in [3.05, 3.63) is 35.9 Å². The zero-order chi connectivity index (χ0) is 24.6. The number of ketones is 1. The molecule has 1 aromatic rings. The smallest absolute Gasteiger partial charge is 0.309 e. The molecule has 1 saturated carbocycles. The number of amidine groups is 1. The number of nitrogens with one attached hydrogen (secondary N) is 2. The number of ether oxygens (including phenoxy) is 1. The van der Waals surface area contributed by atoms with Crippen molar-refractivity contribution in [2.75, 3.05) is 19.8 Å². The highest BCUT2D eigenvalue weighted by atomic mass is 32.2. The molecule has 0 radical (unpaired) electrons. The summed E-state index contributed by atoms with van der Waals surface area (Å²) in [7, 11) is 0. The van der Waals surface area contributed by atoms with Gasteiger partial charge in [0, 0.05) is 37.5 Å². The van der Waals surface area contributed by atoms with Crippen molar-refractivity contribution in [1.82, 2.24) is 15.6 Å². The molecule has 8 nitrogen and oxygen atoms in total. The SMILES string of the molecule is C[C@@H]1CN(Cc2ccccc2)C(=NNC(=O)C(=O)[C@H](NC(=O)C2CCCCC2)C2CCOCC2)S1. The van der Waals surface area contributed by atoms with Crippen LogP contribution in [0.4, 0.5) is 0 Å². The van der Waals surface area contributed by atoms with Crippen LogP contribution in [0.5, 0.6) is 0 Å². The van der Waals surface area contributed by atoms with Crippen molar-refractivity contribution in [2.45, 2.75) is 69.7 Å². The molecule has 3 fully saturated rings. The van der Waals surface area contributed by atoms with Crippen LogP contribution in [0.15, 0.2) is 35.4 Å². The number of hydrazone groups is 1. The summed E-state index contributed by atoms with van der Waals surface area (Å²) in [5.41, 5.74) is 3.64. The highest BCUT2D eigenvalue weighted by Crippen LogP contribution is 2.27. The van der Waals surface area contributed by atoms with Crippen LogP contribution in [0, 0.1) is 11.8 Å². The Bertz CT molecular complexity index is 913. The molecule has 2 aliphatic heterocycles. The molecule has 190 valence electrons. The minimum Gasteiger partial charge on any atom is -0.381 e. The van der Waals surface area contributed by atoms with Gasteiger partial charge in [-0.25, -0.2) is 5.43 Å². The van der Waals surface area contributed by atoms with E-state index in [1.54, 1.807) is 11.8 Å². The third-order valence-electron chi connectivity index (χ3n) is 7.04. The van der Waals surface area contributed by atoms with Gasteiger partial charge in [0.1, 0.15) is 6.04 Å². The Morgan fingerprint density at radius 1 is 1.09 bits per heavy atom. The minimum atomic E-state index is -0.843. The number of hydrogen-bond donors (Lipinski definition) is 2. The molecule has 2 saturated heterocycles. The summed E-state index contributed by atoms with van der Waals surface area (Å²) in [5.74, 6) is -1.71. The number of Topliss-reactive ketones (excluding diaryl/α,β-unsaturated/α-hetero) is 1. The average molecular weight is 501 g/mol. The van der Waals surface area contributed by atoms with Gasteiger partial charge in [-0.05, 0) is 37.2 Å². The van der Waals surface area contributed by atoms with Crippen LogP contribution in [0.2, 0.25) is 0 Å². The molecule has 2 N–H and O–H groups in total. The second kappa shape index (κ2) is 12.5. The maximum absolute atomic E-state index is 13.2. The molecule has 4 rings (SSSR count). The summed E-state index contributed by atoms with van der Waals surface area (Å²) < 4.78 is 5.44. The highest BCUT2D eigenvalue weighted by molar-refractivity contribution is 8.14. The Kier molecular flexibility index (Phi) is 9.20. The maximum Gasteiger partial charge on any atom is 0.309 e. The van der Waals surface area contributed by atoms with Crippen LogP contribution in [0.25, 0.3) is 0 Å². The topological polar surface area (TPSA) is 100 Å². The lowest BCUT2D eigenvalue weighted by molar-refractivity contribution is -0.142. The highest BCUT2D eigenvalue weighted by Gasteiger charge is 2.36. The minimum absolute atomic E-state index is 0.0786. The number of thioether (sulfide) groups is 1. The van der Waals surface area contributed by atoms with Crippen LogP contribution < -0.4 is 10.7 Å². The van der Waals surface area contributed by atoms with E-state index < -0.39 is 17.7 Å². The quantitative estimate of drug-likeness (QED) is 0.420. The molecule has 0 aromatic heterocycles. The van der Waals surface area contributed by atoms with Crippen LogP contribution >= 0.6 is 11.8 Å².